The number of nitrogens with one attached hydrogen (secondary N) is 1. The highest BCUT2D eigenvalue weighted by molar-refractivity contribution is 7.80. The third-order valence-electron chi connectivity index (χ3n) is 1.14. The molecule has 4 heteroatoms. The molecule has 3 N–H and O–H groups in total. The highest BCUT2D eigenvalue weighted by atomic mass is 32.1. The van der Waals surface area contributed by atoms with Crippen LogP contribution in [0, 0.1) is 5.82 Å². The molecule has 1 aromatic rings. The summed E-state index contributed by atoms with van der Waals surface area (Å²) in [6, 6.07) is 4.53. The average molecular weight is 158 g/mol. The summed E-state index contributed by atoms with van der Waals surface area (Å²) in [6.07, 6.45) is 0. The second-order valence-corrected chi connectivity index (χ2v) is 2.23. The Morgan fingerprint density at radius 1 is 1.50 bits per heavy atom. The fourth-order valence-corrected chi connectivity index (χ4v) is 0.845. The Labute approximate surface area is 63.6 Å². The molecule has 0 unspecified atom stereocenters. The van der Waals surface area contributed by atoms with Crippen molar-refractivity contribution in [1.82, 2.24) is 0 Å². The molecule has 1 aromatic carbocycles. The van der Waals surface area contributed by atoms with Crippen molar-refractivity contribution in [3.8, 4) is 0 Å². The van der Waals surface area contributed by atoms with E-state index in [-0.39, 0.29) is 10.7 Å². The molecule has 0 bridgehead atoms. The van der Waals surface area contributed by atoms with Gasteiger partial charge in [0.1, 0.15) is 5.82 Å². The molecule has 0 heterocycles. The fourth-order valence-electron chi connectivity index (χ4n) is 0.632. The van der Waals surface area contributed by atoms with E-state index in [4.69, 9.17) is 5.84 Å². The quantitative estimate of drug-likeness (QED) is 0.328. The van der Waals surface area contributed by atoms with Gasteiger partial charge < -0.3 is 5.43 Å². The smallest absolute Gasteiger partial charge is 0.138 e. The SMILES string of the molecule is NNc1cccc(F)c1S. The van der Waals surface area contributed by atoms with Gasteiger partial charge in [-0.3, -0.25) is 5.84 Å². The fraction of sp³-hybridized carbons (Fsp3) is 0. The van der Waals surface area contributed by atoms with E-state index in [1.165, 1.54) is 6.07 Å². The van der Waals surface area contributed by atoms with Crippen molar-refractivity contribution in [1.29, 1.82) is 0 Å². The summed E-state index contributed by atoms with van der Waals surface area (Å²) in [4.78, 5) is 0.241. The number of rotatable bonds is 1. The van der Waals surface area contributed by atoms with Gasteiger partial charge in [-0.15, -0.1) is 12.6 Å². The maximum Gasteiger partial charge on any atom is 0.138 e. The van der Waals surface area contributed by atoms with E-state index in [0.29, 0.717) is 5.69 Å². The number of halogens is 1. The Morgan fingerprint density at radius 2 is 2.20 bits per heavy atom. The lowest BCUT2D eigenvalue weighted by molar-refractivity contribution is 0.603. The standard InChI is InChI=1S/C6H7FN2S/c7-4-2-1-3-5(9-8)6(4)10/h1-3,9-10H,8H2. The van der Waals surface area contributed by atoms with Crippen molar-refractivity contribution in [3.05, 3.63) is 24.0 Å². The molecule has 0 spiro atoms. The van der Waals surface area contributed by atoms with Gasteiger partial charge in [0.2, 0.25) is 0 Å². The summed E-state index contributed by atoms with van der Waals surface area (Å²) in [5.74, 6) is 4.68. The summed E-state index contributed by atoms with van der Waals surface area (Å²) >= 11 is 3.87. The van der Waals surface area contributed by atoms with Gasteiger partial charge in [0, 0.05) is 0 Å². The highest BCUT2D eigenvalue weighted by Gasteiger charge is 2.00. The molecule has 0 aliphatic rings. The van der Waals surface area contributed by atoms with E-state index in [2.05, 4.69) is 18.1 Å². The Kier molecular flexibility index (Phi) is 2.13. The van der Waals surface area contributed by atoms with Crippen LogP contribution in [0.1, 0.15) is 0 Å². The topological polar surface area (TPSA) is 38.0 Å². The Bertz CT molecular complexity index is 239. The molecular formula is C6H7FN2S. The molecule has 10 heavy (non-hydrogen) atoms. The number of thiol groups is 1. The molecule has 0 fully saturated rings. The Morgan fingerprint density at radius 3 is 2.70 bits per heavy atom. The molecule has 0 amide bonds. The molecule has 0 radical (unpaired) electrons. The van der Waals surface area contributed by atoms with Gasteiger partial charge in [0.05, 0.1) is 10.6 Å². The van der Waals surface area contributed by atoms with Crippen LogP contribution >= 0.6 is 12.6 Å². The molecule has 0 saturated heterocycles. The number of hydrogen-bond acceptors (Lipinski definition) is 3. The van der Waals surface area contributed by atoms with Crippen LogP contribution < -0.4 is 11.3 Å². The van der Waals surface area contributed by atoms with E-state index >= 15 is 0 Å². The average Bonchev–Trinajstić information content (AvgIpc) is 1.95. The first-order valence-electron chi connectivity index (χ1n) is 2.70. The molecule has 0 aliphatic heterocycles. The molecule has 0 saturated carbocycles. The summed E-state index contributed by atoms with van der Waals surface area (Å²) in [6.45, 7) is 0. The second-order valence-electron chi connectivity index (χ2n) is 1.78. The predicted molar refractivity (Wildman–Crippen MR) is 41.5 cm³/mol. The van der Waals surface area contributed by atoms with Crippen LogP contribution in [0.4, 0.5) is 10.1 Å². The molecule has 1 rings (SSSR count). The number of nitrogen functional groups attached to an aromatic ring is 1. The van der Waals surface area contributed by atoms with Crippen LogP contribution in [0.25, 0.3) is 0 Å². The van der Waals surface area contributed by atoms with Crippen LogP contribution in [-0.2, 0) is 0 Å². The van der Waals surface area contributed by atoms with E-state index < -0.39 is 0 Å². The van der Waals surface area contributed by atoms with Crippen LogP contribution in [0.15, 0.2) is 23.1 Å². The lowest BCUT2D eigenvalue weighted by atomic mass is 10.3. The second kappa shape index (κ2) is 2.90. The van der Waals surface area contributed by atoms with Gasteiger partial charge in [0.15, 0.2) is 0 Å². The lowest BCUT2D eigenvalue weighted by Crippen LogP contribution is -2.07. The zero-order valence-electron chi connectivity index (χ0n) is 5.13. The molecular weight excluding hydrogens is 151 g/mol. The van der Waals surface area contributed by atoms with Crippen molar-refractivity contribution in [2.75, 3.05) is 5.43 Å². The van der Waals surface area contributed by atoms with Crippen molar-refractivity contribution in [2.24, 2.45) is 5.84 Å². The van der Waals surface area contributed by atoms with Crippen LogP contribution in [0.2, 0.25) is 0 Å². The zero-order chi connectivity index (χ0) is 7.56. The maximum absolute atomic E-state index is 12.6. The van der Waals surface area contributed by atoms with Crippen molar-refractivity contribution >= 4 is 18.3 Å². The van der Waals surface area contributed by atoms with Crippen molar-refractivity contribution < 1.29 is 4.39 Å². The predicted octanol–water partition coefficient (Wildman–Crippen LogP) is 1.40. The summed E-state index contributed by atoms with van der Waals surface area (Å²) in [5.41, 5.74) is 2.81. The van der Waals surface area contributed by atoms with E-state index in [0.717, 1.165) is 0 Å². The minimum absolute atomic E-state index is 0.241. The first-order valence-corrected chi connectivity index (χ1v) is 3.14. The molecule has 2 nitrogen and oxygen atoms in total. The van der Waals surface area contributed by atoms with Crippen molar-refractivity contribution in [3.63, 3.8) is 0 Å². The minimum atomic E-state index is -0.376. The van der Waals surface area contributed by atoms with Gasteiger partial charge in [0.25, 0.3) is 0 Å². The number of benzene rings is 1. The normalized spacial score (nSPS) is 9.50. The van der Waals surface area contributed by atoms with E-state index in [1.54, 1.807) is 12.1 Å². The molecule has 0 aromatic heterocycles. The van der Waals surface area contributed by atoms with E-state index in [1.807, 2.05) is 0 Å². The van der Waals surface area contributed by atoms with E-state index in [9.17, 15) is 4.39 Å². The summed E-state index contributed by atoms with van der Waals surface area (Å²) < 4.78 is 12.6. The van der Waals surface area contributed by atoms with Crippen molar-refractivity contribution in [2.45, 2.75) is 4.90 Å². The molecule has 0 aliphatic carbocycles. The first-order chi connectivity index (χ1) is 4.75. The van der Waals surface area contributed by atoms with Crippen LogP contribution in [0.5, 0.6) is 0 Å². The van der Waals surface area contributed by atoms with Gasteiger partial charge in [-0.05, 0) is 12.1 Å². The monoisotopic (exact) mass is 158 g/mol. The number of hydrazine groups is 1. The first kappa shape index (κ1) is 7.37. The number of anilines is 1. The van der Waals surface area contributed by atoms with Gasteiger partial charge in [-0.25, -0.2) is 4.39 Å². The zero-order valence-corrected chi connectivity index (χ0v) is 6.03. The van der Waals surface area contributed by atoms with Gasteiger partial charge in [-0.1, -0.05) is 6.07 Å². The van der Waals surface area contributed by atoms with Crippen LogP contribution in [0.3, 0.4) is 0 Å². The Balaban J connectivity index is 3.14. The maximum atomic E-state index is 12.6. The molecule has 0 atom stereocenters. The number of nitrogens with two attached hydrogens (primary N) is 1. The largest absolute Gasteiger partial charge is 0.323 e. The third-order valence-corrected chi connectivity index (χ3v) is 1.60. The third kappa shape index (κ3) is 1.22. The van der Waals surface area contributed by atoms with Crippen LogP contribution in [-0.4, -0.2) is 0 Å². The van der Waals surface area contributed by atoms with Gasteiger partial charge >= 0.3 is 0 Å². The number of hydrogen-bond donors (Lipinski definition) is 3. The van der Waals surface area contributed by atoms with Gasteiger partial charge in [-0.2, -0.15) is 0 Å². The Hall–Kier alpha value is -0.740. The molecule has 54 valence electrons. The summed E-state index contributed by atoms with van der Waals surface area (Å²) in [5, 5.41) is 0. The minimum Gasteiger partial charge on any atom is -0.323 e. The highest BCUT2D eigenvalue weighted by Crippen LogP contribution is 2.20. The lowest BCUT2D eigenvalue weighted by Gasteiger charge is -2.02. The summed E-state index contributed by atoms with van der Waals surface area (Å²) in [7, 11) is 0.